The van der Waals surface area contributed by atoms with Crippen LogP contribution in [0.3, 0.4) is 0 Å². The fraction of sp³-hybridized carbons (Fsp3) is 0. The van der Waals surface area contributed by atoms with Gasteiger partial charge in [-0.25, -0.2) is 0 Å². The van der Waals surface area contributed by atoms with Gasteiger partial charge in [0, 0.05) is 16.5 Å². The van der Waals surface area contributed by atoms with Gasteiger partial charge in [0.15, 0.2) is 0 Å². The Balaban J connectivity index is 1.55. The van der Waals surface area contributed by atoms with Crippen LogP contribution in [0.2, 0.25) is 0 Å². The molecule has 6 rings (SSSR count). The molecule has 152 valence electrons. The Morgan fingerprint density at radius 3 is 2.06 bits per heavy atom. The molecule has 0 bridgehead atoms. The highest BCUT2D eigenvalue weighted by Crippen LogP contribution is 2.33. The van der Waals surface area contributed by atoms with E-state index in [0.29, 0.717) is 5.46 Å². The van der Waals surface area contributed by atoms with Gasteiger partial charge in [0.05, 0.1) is 11.0 Å². The maximum absolute atomic E-state index is 9.71. The molecule has 0 aliphatic heterocycles. The molecule has 0 atom stereocenters. The van der Waals surface area contributed by atoms with Crippen LogP contribution < -0.4 is 5.46 Å². The van der Waals surface area contributed by atoms with Gasteiger partial charge in [0.2, 0.25) is 0 Å². The average Bonchev–Trinajstić information content (AvgIpc) is 3.17. The topological polar surface area (TPSA) is 45.4 Å². The van der Waals surface area contributed by atoms with Gasteiger partial charge in [-0.05, 0) is 51.6 Å². The summed E-state index contributed by atoms with van der Waals surface area (Å²) in [6.45, 7) is 0. The van der Waals surface area contributed by atoms with Crippen LogP contribution in [0.1, 0.15) is 0 Å². The van der Waals surface area contributed by atoms with Gasteiger partial charge in [-0.1, -0.05) is 84.9 Å². The molecule has 0 spiro atoms. The largest absolute Gasteiger partial charge is 0.488 e. The van der Waals surface area contributed by atoms with E-state index in [2.05, 4.69) is 83.4 Å². The number of rotatable bonds is 3. The summed E-state index contributed by atoms with van der Waals surface area (Å²) in [6, 6.07) is 37.3. The van der Waals surface area contributed by atoms with Crippen LogP contribution in [0.15, 0.2) is 109 Å². The second kappa shape index (κ2) is 7.38. The van der Waals surface area contributed by atoms with Crippen LogP contribution in [0.4, 0.5) is 0 Å². The number of para-hydroxylation sites is 1. The number of fused-ring (bicyclic) bond motifs is 4. The number of hydrogen-bond donors (Lipinski definition) is 2. The first-order valence-corrected chi connectivity index (χ1v) is 10.7. The molecule has 3 nitrogen and oxygen atoms in total. The molecule has 2 N–H and O–H groups in total. The van der Waals surface area contributed by atoms with Crippen molar-refractivity contribution in [1.29, 1.82) is 0 Å². The van der Waals surface area contributed by atoms with Gasteiger partial charge in [-0.2, -0.15) is 0 Å². The summed E-state index contributed by atoms with van der Waals surface area (Å²) in [7, 11) is -1.50. The minimum absolute atomic E-state index is 0.480. The summed E-state index contributed by atoms with van der Waals surface area (Å²) in [5.74, 6) is 0. The number of benzene rings is 5. The van der Waals surface area contributed by atoms with Crippen molar-refractivity contribution < 1.29 is 10.0 Å². The predicted octanol–water partition coefficient (Wildman–Crippen LogP) is 5.28. The smallest absolute Gasteiger partial charge is 0.423 e. The van der Waals surface area contributed by atoms with Crippen molar-refractivity contribution in [3.63, 3.8) is 0 Å². The lowest BCUT2D eigenvalue weighted by Crippen LogP contribution is -2.29. The summed E-state index contributed by atoms with van der Waals surface area (Å²) < 4.78 is 2.18. The van der Waals surface area contributed by atoms with Gasteiger partial charge < -0.3 is 14.6 Å². The minimum Gasteiger partial charge on any atom is -0.423 e. The number of aromatic nitrogens is 1. The van der Waals surface area contributed by atoms with Gasteiger partial charge in [-0.15, -0.1) is 0 Å². The van der Waals surface area contributed by atoms with Crippen molar-refractivity contribution in [2.45, 2.75) is 0 Å². The van der Waals surface area contributed by atoms with E-state index in [4.69, 9.17) is 0 Å². The first kappa shape index (κ1) is 18.9. The Morgan fingerprint density at radius 1 is 0.562 bits per heavy atom. The van der Waals surface area contributed by atoms with Crippen LogP contribution in [0.25, 0.3) is 49.4 Å². The summed E-state index contributed by atoms with van der Waals surface area (Å²) in [5, 5.41) is 24.1. The highest BCUT2D eigenvalue weighted by molar-refractivity contribution is 6.59. The number of hydrogen-bond acceptors (Lipinski definition) is 2. The maximum Gasteiger partial charge on any atom is 0.488 e. The molecular formula is C28H20BNO2. The van der Waals surface area contributed by atoms with E-state index in [1.54, 1.807) is 6.07 Å². The van der Waals surface area contributed by atoms with Crippen LogP contribution in [-0.4, -0.2) is 21.7 Å². The maximum atomic E-state index is 9.71. The highest BCUT2D eigenvalue weighted by atomic mass is 16.4. The number of nitrogens with zero attached hydrogens (tertiary/aromatic N) is 1. The molecule has 0 radical (unpaired) electrons. The van der Waals surface area contributed by atoms with Crippen molar-refractivity contribution >= 4 is 45.2 Å². The van der Waals surface area contributed by atoms with E-state index in [1.165, 1.54) is 16.3 Å². The molecule has 1 aromatic heterocycles. The lowest BCUT2D eigenvalue weighted by molar-refractivity contribution is 0.426. The summed E-state index contributed by atoms with van der Waals surface area (Å²) >= 11 is 0. The summed E-state index contributed by atoms with van der Waals surface area (Å²) in [6.07, 6.45) is 0. The molecule has 5 aromatic carbocycles. The van der Waals surface area contributed by atoms with Crippen molar-refractivity contribution in [3.8, 4) is 16.8 Å². The Bertz CT molecular complexity index is 1590. The Kier molecular flexibility index (Phi) is 4.35. The molecule has 4 heteroatoms. The zero-order chi connectivity index (χ0) is 21.7. The molecule has 0 aliphatic rings. The third kappa shape index (κ3) is 2.93. The van der Waals surface area contributed by atoms with Crippen molar-refractivity contribution in [3.05, 3.63) is 109 Å². The second-order valence-electron chi connectivity index (χ2n) is 8.08. The van der Waals surface area contributed by atoms with E-state index in [9.17, 15) is 10.0 Å². The molecule has 0 saturated carbocycles. The monoisotopic (exact) mass is 413 g/mol. The molecule has 6 aromatic rings. The quantitative estimate of drug-likeness (QED) is 0.388. The molecule has 0 unspecified atom stereocenters. The molecule has 32 heavy (non-hydrogen) atoms. The Labute approximate surface area is 185 Å². The zero-order valence-corrected chi connectivity index (χ0v) is 17.3. The predicted molar refractivity (Wildman–Crippen MR) is 134 cm³/mol. The summed E-state index contributed by atoms with van der Waals surface area (Å²) in [4.78, 5) is 0. The lowest BCUT2D eigenvalue weighted by atomic mass is 9.80. The summed E-state index contributed by atoms with van der Waals surface area (Å²) in [5.41, 5.74) is 5.93. The van der Waals surface area contributed by atoms with Crippen molar-refractivity contribution in [2.24, 2.45) is 0 Å². The SMILES string of the molecule is OB(O)c1ccc2c3ccccc3n(-c3ccc(-c4cccc5ccccc45)cc3)c2c1. The fourth-order valence-corrected chi connectivity index (χ4v) is 4.69. The van der Waals surface area contributed by atoms with Gasteiger partial charge >= 0.3 is 7.12 Å². The normalized spacial score (nSPS) is 11.4. The van der Waals surface area contributed by atoms with Crippen LogP contribution in [0, 0.1) is 0 Å². The molecule has 0 aliphatic carbocycles. The third-order valence-electron chi connectivity index (χ3n) is 6.22. The lowest BCUT2D eigenvalue weighted by Gasteiger charge is -2.11. The third-order valence-corrected chi connectivity index (χ3v) is 6.22. The molecule has 1 heterocycles. The van der Waals surface area contributed by atoms with Crippen LogP contribution in [-0.2, 0) is 0 Å². The second-order valence-corrected chi connectivity index (χ2v) is 8.08. The van der Waals surface area contributed by atoms with Gasteiger partial charge in [0.1, 0.15) is 0 Å². The Morgan fingerprint density at radius 2 is 1.25 bits per heavy atom. The van der Waals surface area contributed by atoms with E-state index >= 15 is 0 Å². The average molecular weight is 413 g/mol. The molecular weight excluding hydrogens is 393 g/mol. The molecule has 0 fully saturated rings. The van der Waals surface area contributed by atoms with Crippen LogP contribution in [0.5, 0.6) is 0 Å². The first-order valence-electron chi connectivity index (χ1n) is 10.7. The van der Waals surface area contributed by atoms with E-state index in [1.807, 2.05) is 24.3 Å². The van der Waals surface area contributed by atoms with E-state index < -0.39 is 7.12 Å². The van der Waals surface area contributed by atoms with Crippen molar-refractivity contribution in [1.82, 2.24) is 4.57 Å². The molecule has 0 amide bonds. The van der Waals surface area contributed by atoms with E-state index in [-0.39, 0.29) is 0 Å². The van der Waals surface area contributed by atoms with E-state index in [0.717, 1.165) is 33.1 Å². The highest BCUT2D eigenvalue weighted by Gasteiger charge is 2.16. The van der Waals surface area contributed by atoms with Gasteiger partial charge in [-0.3, -0.25) is 0 Å². The van der Waals surface area contributed by atoms with Gasteiger partial charge in [0.25, 0.3) is 0 Å². The fourth-order valence-electron chi connectivity index (χ4n) is 4.69. The Hall–Kier alpha value is -3.86. The van der Waals surface area contributed by atoms with Crippen LogP contribution >= 0.6 is 0 Å². The zero-order valence-electron chi connectivity index (χ0n) is 17.3. The van der Waals surface area contributed by atoms with Crippen molar-refractivity contribution in [2.75, 3.05) is 0 Å². The standard InChI is InChI=1S/C28H20BNO2/c31-29(32)21-14-17-26-25-9-3-4-11-27(25)30(28(26)18-21)22-15-12-20(13-16-22)24-10-5-7-19-6-1-2-8-23(19)24/h1-18,31-32H. The minimum atomic E-state index is -1.50. The molecule has 0 saturated heterocycles. The first-order chi connectivity index (χ1) is 15.7.